The number of hydrogen-bond donors (Lipinski definition) is 2. The van der Waals surface area contributed by atoms with Crippen LogP contribution in [0.15, 0.2) is 48.5 Å². The number of hydrogen-bond acceptors (Lipinski definition) is 2. The first-order valence-corrected chi connectivity index (χ1v) is 13.5. The molecule has 2 atom stereocenters. The number of aromatic hydroxyl groups is 2. The lowest BCUT2D eigenvalue weighted by atomic mass is 9.72. The van der Waals surface area contributed by atoms with Gasteiger partial charge in [0.1, 0.15) is 11.5 Å². The smallest absolute Gasteiger partial charge is 0.119 e. The zero-order valence-corrected chi connectivity index (χ0v) is 24.1. The second-order valence-electron chi connectivity index (χ2n) is 11.9. The summed E-state index contributed by atoms with van der Waals surface area (Å²) >= 11 is 0. The fourth-order valence-electron chi connectivity index (χ4n) is 5.61. The third kappa shape index (κ3) is 5.05. The van der Waals surface area contributed by atoms with Gasteiger partial charge in [-0.25, -0.2) is 0 Å². The molecule has 0 aliphatic rings. The molecule has 0 saturated carbocycles. The van der Waals surface area contributed by atoms with Crippen LogP contribution < -0.4 is 0 Å². The molecule has 3 aromatic carbocycles. The van der Waals surface area contributed by atoms with Gasteiger partial charge in [0.15, 0.2) is 0 Å². The Bertz CT molecular complexity index is 1120. The van der Waals surface area contributed by atoms with Gasteiger partial charge < -0.3 is 10.2 Å². The predicted molar refractivity (Wildman–Crippen MR) is 154 cm³/mol. The molecule has 0 aliphatic carbocycles. The summed E-state index contributed by atoms with van der Waals surface area (Å²) in [6.07, 6.45) is 1.99. The summed E-state index contributed by atoms with van der Waals surface area (Å²) in [4.78, 5) is 0. The highest BCUT2D eigenvalue weighted by molar-refractivity contribution is 5.52. The number of aryl methyl sites for hydroxylation is 2. The van der Waals surface area contributed by atoms with Gasteiger partial charge in [0.2, 0.25) is 0 Å². The standard InChI is InChI=1S/C34H46O2/c1-11-21(3)27-19-29(23(5)17-31(27)35)33(7,8)25-13-15-26(16-14-25)34(9,10)30-20-28(22(4)12-2)32(36)18-24(30)6/h13-22,35-36H,11-12H2,1-10H3. The van der Waals surface area contributed by atoms with Crippen molar-refractivity contribution >= 4 is 0 Å². The van der Waals surface area contributed by atoms with Gasteiger partial charge in [-0.1, -0.05) is 91.8 Å². The first kappa shape index (κ1) is 27.8. The minimum absolute atomic E-state index is 0.194. The fraction of sp³-hybridized carbons (Fsp3) is 0.471. The number of rotatable bonds is 8. The van der Waals surface area contributed by atoms with E-state index in [1.165, 1.54) is 22.3 Å². The number of phenolic OH excluding ortho intramolecular Hbond substituents is 2. The van der Waals surface area contributed by atoms with Crippen molar-refractivity contribution in [1.82, 2.24) is 0 Å². The minimum atomic E-state index is -0.194. The highest BCUT2D eigenvalue weighted by atomic mass is 16.3. The summed E-state index contributed by atoms with van der Waals surface area (Å²) in [5, 5.41) is 21.2. The van der Waals surface area contributed by atoms with E-state index in [2.05, 4.69) is 106 Å². The van der Waals surface area contributed by atoms with Gasteiger partial charge >= 0.3 is 0 Å². The average Bonchev–Trinajstić information content (AvgIpc) is 2.83. The molecule has 2 N–H and O–H groups in total. The van der Waals surface area contributed by atoms with Crippen LogP contribution in [0.3, 0.4) is 0 Å². The number of phenols is 2. The highest BCUT2D eigenvalue weighted by Crippen LogP contribution is 2.42. The molecule has 0 saturated heterocycles. The van der Waals surface area contributed by atoms with Gasteiger partial charge in [0, 0.05) is 10.8 Å². The molecule has 2 nitrogen and oxygen atoms in total. The Labute approximate surface area is 219 Å². The Balaban J connectivity index is 2.03. The summed E-state index contributed by atoms with van der Waals surface area (Å²) < 4.78 is 0. The lowest BCUT2D eigenvalue weighted by molar-refractivity contribution is 0.459. The molecule has 0 bridgehead atoms. The minimum Gasteiger partial charge on any atom is -0.508 e. The Hall–Kier alpha value is -2.74. The van der Waals surface area contributed by atoms with Gasteiger partial charge in [-0.2, -0.15) is 0 Å². The second kappa shape index (κ2) is 10.3. The average molecular weight is 487 g/mol. The zero-order chi connectivity index (χ0) is 27.0. The first-order valence-electron chi connectivity index (χ1n) is 13.5. The quantitative estimate of drug-likeness (QED) is 0.333. The third-order valence-corrected chi connectivity index (χ3v) is 8.71. The van der Waals surface area contributed by atoms with Crippen LogP contribution in [0.4, 0.5) is 0 Å². The van der Waals surface area contributed by atoms with Gasteiger partial charge in [-0.05, 0) is 95.2 Å². The van der Waals surface area contributed by atoms with Crippen LogP contribution >= 0.6 is 0 Å². The lowest BCUT2D eigenvalue weighted by Gasteiger charge is -2.32. The normalized spacial score (nSPS) is 14.1. The fourth-order valence-corrected chi connectivity index (χ4v) is 5.61. The molecule has 0 spiro atoms. The summed E-state index contributed by atoms with van der Waals surface area (Å²) in [6, 6.07) is 17.3. The van der Waals surface area contributed by atoms with Crippen LogP contribution in [0, 0.1) is 13.8 Å². The van der Waals surface area contributed by atoms with E-state index in [9.17, 15) is 10.2 Å². The van der Waals surface area contributed by atoms with Crippen LogP contribution in [0.1, 0.15) is 125 Å². The Kier molecular flexibility index (Phi) is 7.98. The lowest BCUT2D eigenvalue weighted by Crippen LogP contribution is -2.23. The van der Waals surface area contributed by atoms with E-state index >= 15 is 0 Å². The van der Waals surface area contributed by atoms with Crippen molar-refractivity contribution in [3.05, 3.63) is 93.0 Å². The monoisotopic (exact) mass is 486 g/mol. The van der Waals surface area contributed by atoms with Crippen LogP contribution in [0.5, 0.6) is 11.5 Å². The van der Waals surface area contributed by atoms with Crippen molar-refractivity contribution in [2.45, 2.75) is 105 Å². The molecule has 0 radical (unpaired) electrons. The van der Waals surface area contributed by atoms with Crippen LogP contribution in [0.2, 0.25) is 0 Å². The molecule has 2 unspecified atom stereocenters. The Morgan fingerprint density at radius 3 is 1.19 bits per heavy atom. The molecule has 3 aromatic rings. The summed E-state index contributed by atoms with van der Waals surface area (Å²) in [5.74, 6) is 1.44. The van der Waals surface area contributed by atoms with Gasteiger partial charge in [0.05, 0.1) is 0 Å². The highest BCUT2D eigenvalue weighted by Gasteiger charge is 2.30. The van der Waals surface area contributed by atoms with Crippen molar-refractivity contribution in [3.8, 4) is 11.5 Å². The molecule has 194 valence electrons. The van der Waals surface area contributed by atoms with Gasteiger partial charge in [-0.15, -0.1) is 0 Å². The summed E-state index contributed by atoms with van der Waals surface area (Å²) in [7, 11) is 0. The van der Waals surface area contributed by atoms with Gasteiger partial charge in [0.25, 0.3) is 0 Å². The molecule has 0 amide bonds. The summed E-state index contributed by atoms with van der Waals surface area (Å²) in [6.45, 7) is 22.0. The Morgan fingerprint density at radius 1 is 0.611 bits per heavy atom. The molecule has 3 rings (SSSR count). The van der Waals surface area contributed by atoms with Crippen molar-refractivity contribution < 1.29 is 10.2 Å². The maximum absolute atomic E-state index is 10.6. The largest absolute Gasteiger partial charge is 0.508 e. The molecule has 0 heterocycles. The molecule has 0 aliphatic heterocycles. The van der Waals surface area contributed by atoms with Crippen LogP contribution in [-0.2, 0) is 10.8 Å². The van der Waals surface area contributed by atoms with E-state index in [0.29, 0.717) is 23.3 Å². The van der Waals surface area contributed by atoms with E-state index in [4.69, 9.17) is 0 Å². The van der Waals surface area contributed by atoms with Crippen LogP contribution in [0.25, 0.3) is 0 Å². The van der Waals surface area contributed by atoms with Gasteiger partial charge in [-0.3, -0.25) is 0 Å². The van der Waals surface area contributed by atoms with E-state index in [1.807, 2.05) is 12.1 Å². The first-order chi connectivity index (χ1) is 16.7. The number of benzene rings is 3. The maximum Gasteiger partial charge on any atom is 0.119 e. The summed E-state index contributed by atoms with van der Waals surface area (Å²) in [5.41, 5.74) is 8.94. The molecular formula is C34H46O2. The van der Waals surface area contributed by atoms with Crippen molar-refractivity contribution in [2.75, 3.05) is 0 Å². The van der Waals surface area contributed by atoms with Crippen molar-refractivity contribution in [2.24, 2.45) is 0 Å². The topological polar surface area (TPSA) is 40.5 Å². The second-order valence-corrected chi connectivity index (χ2v) is 11.9. The van der Waals surface area contributed by atoms with E-state index in [-0.39, 0.29) is 10.8 Å². The van der Waals surface area contributed by atoms with E-state index in [0.717, 1.165) is 35.1 Å². The third-order valence-electron chi connectivity index (χ3n) is 8.71. The SMILES string of the molecule is CCC(C)c1cc(C(C)(C)c2ccc(C(C)(C)c3cc(C(C)CC)c(O)cc3C)cc2)c(C)cc1O. The molecule has 36 heavy (non-hydrogen) atoms. The maximum atomic E-state index is 10.6. The van der Waals surface area contributed by atoms with E-state index in [1.54, 1.807) is 0 Å². The molecule has 0 aromatic heterocycles. The predicted octanol–water partition coefficient (Wildman–Crippen LogP) is 9.39. The van der Waals surface area contributed by atoms with E-state index < -0.39 is 0 Å². The van der Waals surface area contributed by atoms with Crippen molar-refractivity contribution in [3.63, 3.8) is 0 Å². The molecule has 2 heteroatoms. The van der Waals surface area contributed by atoms with Crippen LogP contribution in [-0.4, -0.2) is 10.2 Å². The Morgan fingerprint density at radius 2 is 0.917 bits per heavy atom. The molecule has 0 fully saturated rings. The zero-order valence-electron chi connectivity index (χ0n) is 24.1. The van der Waals surface area contributed by atoms with Crippen molar-refractivity contribution in [1.29, 1.82) is 0 Å². The molecular weight excluding hydrogens is 440 g/mol.